The maximum atomic E-state index is 12.4. The number of hydrogen-bond acceptors (Lipinski definition) is 4. The number of ether oxygens (including phenoxy) is 1. The van der Waals surface area contributed by atoms with E-state index >= 15 is 0 Å². The fourth-order valence-corrected chi connectivity index (χ4v) is 9.85. The second-order valence-electron chi connectivity index (χ2n) is 11.7. The monoisotopic (exact) mass is 462 g/mol. The quantitative estimate of drug-likeness (QED) is 0.428. The first-order valence-electron chi connectivity index (χ1n) is 14.1. The van der Waals surface area contributed by atoms with Crippen LogP contribution in [0.5, 0.6) is 0 Å². The molecular weight excluding hydrogens is 412 g/mol. The van der Waals surface area contributed by atoms with Crippen molar-refractivity contribution in [3.8, 4) is 0 Å². The molecule has 1 saturated heterocycles. The van der Waals surface area contributed by atoms with Crippen LogP contribution < -0.4 is 0 Å². The van der Waals surface area contributed by atoms with E-state index in [2.05, 4.69) is 16.4 Å². The topological polar surface area (TPSA) is 32.8 Å². The Labute approximate surface area is 200 Å². The van der Waals surface area contributed by atoms with E-state index in [0.29, 0.717) is 11.6 Å². The number of esters is 1. The maximum absolute atomic E-state index is 12.4. The standard InChI is InChI=1S/C27H50N2O2Si/c1-21(26(30)31-2)20-28-18-19-29(32)27(23-14-8-4-9-15-23,24-16-10-5-11-17-24)25(28)22-12-6-3-7-13-22/h21-25H,3-20H2,1-2,32H3. The molecule has 3 saturated carbocycles. The Morgan fingerprint density at radius 1 is 0.875 bits per heavy atom. The highest BCUT2D eigenvalue weighted by Gasteiger charge is 2.58. The van der Waals surface area contributed by atoms with E-state index in [9.17, 15) is 4.79 Å². The van der Waals surface area contributed by atoms with E-state index in [0.717, 1.165) is 30.8 Å². The van der Waals surface area contributed by atoms with Crippen molar-refractivity contribution in [2.75, 3.05) is 26.7 Å². The normalized spacial score (nSPS) is 30.9. The zero-order valence-corrected chi connectivity index (χ0v) is 23.3. The third kappa shape index (κ3) is 4.86. The summed E-state index contributed by atoms with van der Waals surface area (Å²) in [6.07, 6.45) is 21.5. The summed E-state index contributed by atoms with van der Waals surface area (Å²) in [5.74, 6) is 2.48. The Balaban J connectivity index is 1.75. The molecule has 32 heavy (non-hydrogen) atoms. The van der Waals surface area contributed by atoms with Crippen molar-refractivity contribution < 1.29 is 9.53 Å². The number of carbonyl (C=O) groups is 1. The molecule has 0 bridgehead atoms. The molecule has 2 atom stereocenters. The van der Waals surface area contributed by atoms with Crippen molar-refractivity contribution >= 4 is 16.4 Å². The molecule has 0 aromatic rings. The molecule has 1 aliphatic heterocycles. The van der Waals surface area contributed by atoms with E-state index in [1.807, 2.05) is 0 Å². The van der Waals surface area contributed by atoms with Crippen molar-refractivity contribution in [2.45, 2.75) is 115 Å². The third-order valence-corrected chi connectivity index (χ3v) is 11.2. The zero-order valence-electron chi connectivity index (χ0n) is 21.3. The van der Waals surface area contributed by atoms with Gasteiger partial charge in [0.2, 0.25) is 0 Å². The van der Waals surface area contributed by atoms with Crippen molar-refractivity contribution in [1.29, 1.82) is 0 Å². The third-order valence-electron chi connectivity index (χ3n) is 9.98. The number of nitrogens with zero attached hydrogens (tertiary/aromatic N) is 2. The summed E-state index contributed by atoms with van der Waals surface area (Å²) in [6, 6.07) is 0.646. The van der Waals surface area contributed by atoms with Crippen molar-refractivity contribution in [3.05, 3.63) is 0 Å². The van der Waals surface area contributed by atoms with Crippen molar-refractivity contribution in [2.24, 2.45) is 23.7 Å². The maximum Gasteiger partial charge on any atom is 0.309 e. The van der Waals surface area contributed by atoms with Gasteiger partial charge in [-0.25, -0.2) is 0 Å². The van der Waals surface area contributed by atoms with Gasteiger partial charge in [0, 0.05) is 31.2 Å². The average molecular weight is 463 g/mol. The molecule has 2 unspecified atom stereocenters. The fourth-order valence-electron chi connectivity index (χ4n) is 8.66. The first-order valence-corrected chi connectivity index (χ1v) is 15.0. The van der Waals surface area contributed by atoms with Crippen LogP contribution in [0.1, 0.15) is 103 Å². The van der Waals surface area contributed by atoms with Crippen LogP contribution >= 0.6 is 0 Å². The molecule has 0 N–H and O–H groups in total. The Morgan fingerprint density at radius 3 is 1.88 bits per heavy atom. The molecular formula is C27H50N2O2Si. The van der Waals surface area contributed by atoms with E-state index in [-0.39, 0.29) is 11.9 Å². The van der Waals surface area contributed by atoms with Crippen LogP contribution in [-0.4, -0.2) is 64.2 Å². The van der Waals surface area contributed by atoms with E-state index in [4.69, 9.17) is 4.74 Å². The van der Waals surface area contributed by atoms with Crippen LogP contribution in [0.3, 0.4) is 0 Å². The van der Waals surface area contributed by atoms with Gasteiger partial charge in [0.1, 0.15) is 0 Å². The van der Waals surface area contributed by atoms with Crippen LogP contribution in [0.2, 0.25) is 0 Å². The first-order chi connectivity index (χ1) is 15.6. The van der Waals surface area contributed by atoms with E-state index < -0.39 is 0 Å². The van der Waals surface area contributed by atoms with Gasteiger partial charge in [-0.15, -0.1) is 0 Å². The van der Waals surface area contributed by atoms with E-state index in [1.165, 1.54) is 113 Å². The molecule has 0 amide bonds. The molecule has 4 aliphatic rings. The Hall–Kier alpha value is -0.393. The van der Waals surface area contributed by atoms with Gasteiger partial charge in [0.15, 0.2) is 0 Å². The lowest BCUT2D eigenvalue weighted by molar-refractivity contribution is -0.150. The summed E-state index contributed by atoms with van der Waals surface area (Å²) in [7, 11) is 2.74. The van der Waals surface area contributed by atoms with E-state index in [1.54, 1.807) is 7.11 Å². The molecule has 1 heterocycles. The first kappa shape index (κ1) is 24.7. The highest BCUT2D eigenvalue weighted by atomic mass is 28.2. The number of hydrogen-bond donors (Lipinski definition) is 0. The predicted octanol–water partition coefficient (Wildman–Crippen LogP) is 4.54. The second-order valence-corrected chi connectivity index (χ2v) is 12.8. The minimum absolute atomic E-state index is 0.0258. The minimum Gasteiger partial charge on any atom is -0.469 e. The molecule has 0 aromatic carbocycles. The minimum atomic E-state index is -0.0263. The van der Waals surface area contributed by atoms with Gasteiger partial charge in [-0.1, -0.05) is 64.7 Å². The number of methoxy groups -OCH3 is 1. The van der Waals surface area contributed by atoms with Gasteiger partial charge < -0.3 is 9.30 Å². The molecule has 4 fully saturated rings. The van der Waals surface area contributed by atoms with Crippen LogP contribution in [-0.2, 0) is 9.53 Å². The lowest BCUT2D eigenvalue weighted by Gasteiger charge is -2.66. The zero-order chi connectivity index (χ0) is 22.6. The molecule has 4 nitrogen and oxygen atoms in total. The smallest absolute Gasteiger partial charge is 0.309 e. The average Bonchev–Trinajstić information content (AvgIpc) is 2.86. The van der Waals surface area contributed by atoms with Crippen LogP contribution in [0, 0.1) is 23.7 Å². The van der Waals surface area contributed by atoms with Gasteiger partial charge in [-0.2, -0.15) is 0 Å². The van der Waals surface area contributed by atoms with Crippen LogP contribution in [0.4, 0.5) is 0 Å². The Kier molecular flexibility index (Phi) is 8.77. The lowest BCUT2D eigenvalue weighted by atomic mass is 9.56. The molecule has 0 radical (unpaired) electrons. The summed E-state index contributed by atoms with van der Waals surface area (Å²) in [5.41, 5.74) is 0.364. The van der Waals surface area contributed by atoms with Gasteiger partial charge in [0.05, 0.1) is 23.4 Å². The Bertz CT molecular complexity index is 578. The second kappa shape index (κ2) is 11.4. The molecule has 5 heteroatoms. The van der Waals surface area contributed by atoms with Crippen molar-refractivity contribution in [3.63, 3.8) is 0 Å². The highest BCUT2D eigenvalue weighted by molar-refractivity contribution is 6.05. The predicted molar refractivity (Wildman–Crippen MR) is 136 cm³/mol. The fraction of sp³-hybridized carbons (Fsp3) is 0.963. The number of carbonyl (C=O) groups excluding carboxylic acids is 1. The highest BCUT2D eigenvalue weighted by Crippen LogP contribution is 2.53. The summed E-state index contributed by atoms with van der Waals surface area (Å²) < 4.78 is 8.20. The van der Waals surface area contributed by atoms with Gasteiger partial charge in [-0.05, 0) is 56.3 Å². The lowest BCUT2D eigenvalue weighted by Crippen LogP contribution is -2.75. The molecule has 4 rings (SSSR count). The number of rotatable bonds is 6. The molecule has 0 aromatic heterocycles. The largest absolute Gasteiger partial charge is 0.469 e. The molecule has 184 valence electrons. The molecule has 0 spiro atoms. The van der Waals surface area contributed by atoms with Gasteiger partial charge >= 0.3 is 5.97 Å². The van der Waals surface area contributed by atoms with Gasteiger partial charge in [0.25, 0.3) is 0 Å². The summed E-state index contributed by atoms with van der Waals surface area (Å²) in [6.45, 7) is 5.35. The van der Waals surface area contributed by atoms with Crippen LogP contribution in [0.25, 0.3) is 0 Å². The Morgan fingerprint density at radius 2 is 1.38 bits per heavy atom. The summed E-state index contributed by atoms with van der Waals surface area (Å²) in [5, 5.41) is 0. The summed E-state index contributed by atoms with van der Waals surface area (Å²) in [4.78, 5) is 15.3. The van der Waals surface area contributed by atoms with Crippen molar-refractivity contribution in [1.82, 2.24) is 9.47 Å². The summed E-state index contributed by atoms with van der Waals surface area (Å²) >= 11 is 0. The SMILES string of the molecule is COC(=O)C(C)CN1CCN([SiH3])C(C2CCCCC2)(C2CCCCC2)C1C1CCCCC1. The van der Waals surface area contributed by atoms with Crippen LogP contribution in [0.15, 0.2) is 0 Å². The molecule has 3 aliphatic carbocycles. The van der Waals surface area contributed by atoms with Gasteiger partial charge in [-0.3, -0.25) is 9.69 Å². The number of piperazine rings is 1.